The summed E-state index contributed by atoms with van der Waals surface area (Å²) in [5.74, 6) is -0.506. The average Bonchev–Trinajstić information content (AvgIpc) is 2.82. The Morgan fingerprint density at radius 1 is 1.06 bits per heavy atom. The summed E-state index contributed by atoms with van der Waals surface area (Å²) in [5.41, 5.74) is 5.52. The summed E-state index contributed by atoms with van der Waals surface area (Å²) in [7, 11) is 0. The summed E-state index contributed by atoms with van der Waals surface area (Å²) >= 11 is 0. The zero-order valence-electron chi connectivity index (χ0n) is 18.0. The Bertz CT molecular complexity index is 973. The molecule has 2 amide bonds. The van der Waals surface area contributed by atoms with E-state index in [1.165, 1.54) is 16.0 Å². The van der Waals surface area contributed by atoms with E-state index in [1.807, 2.05) is 48.5 Å². The average molecular weight is 439 g/mol. The van der Waals surface area contributed by atoms with Crippen molar-refractivity contribution in [3.05, 3.63) is 72.1 Å². The number of carbonyl (C=O) groups excluding carboxylic acids is 2. The molecule has 1 saturated heterocycles. The summed E-state index contributed by atoms with van der Waals surface area (Å²) in [6, 6.07) is 16.6. The van der Waals surface area contributed by atoms with Gasteiger partial charge in [-0.15, -0.1) is 0 Å². The number of para-hydroxylation sites is 1. The summed E-state index contributed by atoms with van der Waals surface area (Å²) in [6.45, 7) is 4.66. The van der Waals surface area contributed by atoms with Gasteiger partial charge < -0.3 is 15.1 Å². The Balaban J connectivity index is 1.18. The number of nitrogens with zero attached hydrogens (tertiary/aromatic N) is 2. The van der Waals surface area contributed by atoms with E-state index in [4.69, 9.17) is 0 Å². The lowest BCUT2D eigenvalue weighted by Crippen LogP contribution is -3.15. The number of nitrogens with one attached hydrogen (secondary N) is 3. The zero-order valence-corrected chi connectivity index (χ0v) is 18.0. The first-order valence-corrected chi connectivity index (χ1v) is 11.0. The van der Waals surface area contributed by atoms with Gasteiger partial charge in [-0.3, -0.25) is 15.0 Å². The number of rotatable bonds is 7. The number of hydrogen-bond acceptors (Lipinski definition) is 4. The number of anilines is 1. The monoisotopic (exact) mass is 438 g/mol. The summed E-state index contributed by atoms with van der Waals surface area (Å²) < 4.78 is 14.0. The normalized spacial score (nSPS) is 17.0. The first-order chi connectivity index (χ1) is 15.6. The molecule has 2 aliphatic heterocycles. The highest BCUT2D eigenvalue weighted by molar-refractivity contribution is 5.88. The van der Waals surface area contributed by atoms with Crippen molar-refractivity contribution in [2.24, 2.45) is 0 Å². The van der Waals surface area contributed by atoms with Crippen LogP contribution >= 0.6 is 0 Å². The molecule has 8 heteroatoms. The van der Waals surface area contributed by atoms with Gasteiger partial charge in [0.2, 0.25) is 11.8 Å². The van der Waals surface area contributed by atoms with E-state index in [9.17, 15) is 14.0 Å². The fourth-order valence-corrected chi connectivity index (χ4v) is 4.08. The number of halogens is 1. The molecular weight excluding hydrogens is 409 g/mol. The lowest BCUT2D eigenvalue weighted by atomic mass is 10.1. The van der Waals surface area contributed by atoms with E-state index in [1.54, 1.807) is 6.07 Å². The molecule has 2 heterocycles. The maximum absolute atomic E-state index is 14.0. The van der Waals surface area contributed by atoms with E-state index < -0.39 is 0 Å². The van der Waals surface area contributed by atoms with Crippen molar-refractivity contribution in [3.63, 3.8) is 0 Å². The van der Waals surface area contributed by atoms with Crippen LogP contribution in [0, 0.1) is 5.82 Å². The van der Waals surface area contributed by atoms with E-state index in [-0.39, 0.29) is 30.6 Å². The third-order valence-electron chi connectivity index (χ3n) is 5.89. The standard InChI is InChI=1S/C24H28FN5O2/c25-20-8-4-5-9-22(20)29-16-14-28(15-17-29)13-12-26-23(31)18-30-24(32)11-10-21(27-30)19-6-2-1-3-7-19/h1-10,27H,11-18H2,(H,26,31)/p+1. The van der Waals surface area contributed by atoms with Crippen LogP contribution in [0.25, 0.3) is 5.70 Å². The van der Waals surface area contributed by atoms with E-state index in [0.717, 1.165) is 44.0 Å². The predicted molar refractivity (Wildman–Crippen MR) is 121 cm³/mol. The minimum absolute atomic E-state index is 0.0284. The number of benzene rings is 2. The minimum atomic E-state index is -0.190. The van der Waals surface area contributed by atoms with Crippen LogP contribution in [0.5, 0.6) is 0 Å². The summed E-state index contributed by atoms with van der Waals surface area (Å²) in [5, 5.41) is 4.29. The van der Waals surface area contributed by atoms with Gasteiger partial charge in [0.05, 0.1) is 50.7 Å². The highest BCUT2D eigenvalue weighted by Crippen LogP contribution is 2.18. The molecule has 2 aliphatic rings. The van der Waals surface area contributed by atoms with Gasteiger partial charge in [0.1, 0.15) is 12.4 Å². The summed E-state index contributed by atoms with van der Waals surface area (Å²) in [6.07, 6.45) is 2.11. The van der Waals surface area contributed by atoms with Crippen molar-refractivity contribution >= 4 is 23.2 Å². The highest BCUT2D eigenvalue weighted by atomic mass is 19.1. The molecule has 1 fully saturated rings. The molecule has 168 valence electrons. The summed E-state index contributed by atoms with van der Waals surface area (Å²) in [4.78, 5) is 28.0. The van der Waals surface area contributed by atoms with Crippen molar-refractivity contribution in [2.45, 2.75) is 6.42 Å². The second-order valence-electron chi connectivity index (χ2n) is 8.07. The van der Waals surface area contributed by atoms with Gasteiger partial charge in [-0.25, -0.2) is 9.40 Å². The van der Waals surface area contributed by atoms with Crippen LogP contribution in [0.2, 0.25) is 0 Å². The molecule has 0 unspecified atom stereocenters. The van der Waals surface area contributed by atoms with Crippen LogP contribution in [-0.4, -0.2) is 62.6 Å². The molecule has 2 aromatic carbocycles. The molecule has 3 N–H and O–H groups in total. The molecule has 0 atom stereocenters. The number of amides is 2. The predicted octanol–water partition coefficient (Wildman–Crippen LogP) is 0.425. The first-order valence-electron chi connectivity index (χ1n) is 11.0. The number of quaternary nitrogens is 1. The second-order valence-corrected chi connectivity index (χ2v) is 8.07. The van der Waals surface area contributed by atoms with Crippen LogP contribution in [0.1, 0.15) is 12.0 Å². The molecule has 0 aliphatic carbocycles. The molecule has 0 aromatic heterocycles. The van der Waals surface area contributed by atoms with E-state index >= 15 is 0 Å². The van der Waals surface area contributed by atoms with E-state index in [2.05, 4.69) is 15.6 Å². The Morgan fingerprint density at radius 2 is 1.78 bits per heavy atom. The van der Waals surface area contributed by atoms with Gasteiger partial charge in [-0.1, -0.05) is 42.5 Å². The van der Waals surface area contributed by atoms with Gasteiger partial charge in [0.25, 0.3) is 0 Å². The highest BCUT2D eigenvalue weighted by Gasteiger charge is 2.24. The molecule has 4 rings (SSSR count). The quantitative estimate of drug-likeness (QED) is 0.586. The van der Waals surface area contributed by atoms with E-state index in [0.29, 0.717) is 12.2 Å². The molecule has 32 heavy (non-hydrogen) atoms. The number of carbonyl (C=O) groups is 2. The van der Waals surface area contributed by atoms with Crippen LogP contribution in [0.15, 0.2) is 60.7 Å². The smallest absolute Gasteiger partial charge is 0.245 e. The fourth-order valence-electron chi connectivity index (χ4n) is 4.08. The Kier molecular flexibility index (Phi) is 7.01. The van der Waals surface area contributed by atoms with Crippen LogP contribution < -0.4 is 20.5 Å². The van der Waals surface area contributed by atoms with Gasteiger partial charge in [0, 0.05) is 6.42 Å². The molecule has 0 spiro atoms. The fraction of sp³-hybridized carbons (Fsp3) is 0.333. The van der Waals surface area contributed by atoms with Crippen molar-refractivity contribution in [1.82, 2.24) is 15.8 Å². The lowest BCUT2D eigenvalue weighted by Gasteiger charge is -2.34. The molecule has 7 nitrogen and oxygen atoms in total. The molecule has 2 aromatic rings. The maximum atomic E-state index is 14.0. The van der Waals surface area contributed by atoms with Crippen molar-refractivity contribution in [1.29, 1.82) is 0 Å². The van der Waals surface area contributed by atoms with Crippen molar-refractivity contribution < 1.29 is 18.9 Å². The second kappa shape index (κ2) is 10.3. The third-order valence-corrected chi connectivity index (χ3v) is 5.89. The maximum Gasteiger partial charge on any atom is 0.245 e. The number of hydrogen-bond donors (Lipinski definition) is 3. The van der Waals surface area contributed by atoms with Gasteiger partial charge in [-0.05, 0) is 23.8 Å². The number of hydrazine groups is 1. The van der Waals surface area contributed by atoms with Crippen molar-refractivity contribution in [3.8, 4) is 0 Å². The molecule has 0 saturated carbocycles. The van der Waals surface area contributed by atoms with Crippen molar-refractivity contribution in [2.75, 3.05) is 50.7 Å². The Morgan fingerprint density at radius 3 is 2.53 bits per heavy atom. The van der Waals surface area contributed by atoms with Gasteiger partial charge in [-0.2, -0.15) is 0 Å². The van der Waals surface area contributed by atoms with Crippen LogP contribution in [-0.2, 0) is 9.59 Å². The molecule has 0 radical (unpaired) electrons. The topological polar surface area (TPSA) is 69.1 Å². The lowest BCUT2D eigenvalue weighted by molar-refractivity contribution is -0.899. The largest absolute Gasteiger partial charge is 0.358 e. The zero-order chi connectivity index (χ0) is 22.3. The van der Waals surface area contributed by atoms with Gasteiger partial charge >= 0.3 is 0 Å². The first kappa shape index (κ1) is 21.8. The number of piperazine rings is 1. The minimum Gasteiger partial charge on any atom is -0.358 e. The Hall–Kier alpha value is -3.39. The van der Waals surface area contributed by atoms with Crippen LogP contribution in [0.3, 0.4) is 0 Å². The molecular formula is C24H29FN5O2+. The van der Waals surface area contributed by atoms with Crippen LogP contribution in [0.4, 0.5) is 10.1 Å². The van der Waals surface area contributed by atoms with Gasteiger partial charge in [0.15, 0.2) is 0 Å². The molecule has 0 bridgehead atoms. The third kappa shape index (κ3) is 5.45. The Labute approximate surface area is 187 Å². The SMILES string of the molecule is O=C(CN1NC(c2ccccc2)=CCC1=O)NCC[NH+]1CCN(c2ccccc2F)CC1.